The van der Waals surface area contributed by atoms with E-state index in [4.69, 9.17) is 24.4 Å². The average Bonchev–Trinajstić information content (AvgIpc) is 3.28. The fourth-order valence-corrected chi connectivity index (χ4v) is 6.80. The van der Waals surface area contributed by atoms with E-state index in [1.54, 1.807) is 12.1 Å². The van der Waals surface area contributed by atoms with Gasteiger partial charge in [-0.3, -0.25) is 19.2 Å². The first kappa shape index (κ1) is 29.3. The monoisotopic (exact) mass is 588 g/mol. The summed E-state index contributed by atoms with van der Waals surface area (Å²) in [7, 11) is 1.95. The summed E-state index contributed by atoms with van der Waals surface area (Å²) in [6.07, 6.45) is -1.18. The zero-order valence-electron chi connectivity index (χ0n) is 23.0. The summed E-state index contributed by atoms with van der Waals surface area (Å²) >= 11 is 0. The number of piperidine rings is 1. The maximum Gasteiger partial charge on any atom is 0.326 e. The number of ether oxygens (including phenoxy) is 3. The minimum Gasteiger partial charge on any atom is -0.504 e. The number of carbonyl (C=O) groups excluding carboxylic acids is 3. The summed E-state index contributed by atoms with van der Waals surface area (Å²) < 4.78 is 16.8. The number of carboxylic acid groups (broad SMARTS) is 2. The van der Waals surface area contributed by atoms with Crippen LogP contribution >= 0.6 is 0 Å². The van der Waals surface area contributed by atoms with Gasteiger partial charge in [-0.05, 0) is 51.1 Å². The number of carboxylic acids is 2. The van der Waals surface area contributed by atoms with Gasteiger partial charge >= 0.3 is 23.9 Å². The molecule has 14 heteroatoms. The van der Waals surface area contributed by atoms with Gasteiger partial charge in [-0.25, -0.2) is 4.79 Å². The lowest BCUT2D eigenvalue weighted by Gasteiger charge is -2.61. The molecule has 2 heterocycles. The summed E-state index contributed by atoms with van der Waals surface area (Å²) in [4.78, 5) is 61.4. The van der Waals surface area contributed by atoms with E-state index in [0.717, 1.165) is 11.1 Å². The van der Waals surface area contributed by atoms with Gasteiger partial charge in [0.1, 0.15) is 11.8 Å². The van der Waals surface area contributed by atoms with Gasteiger partial charge in [-0.2, -0.15) is 0 Å². The Morgan fingerprint density at radius 2 is 1.88 bits per heavy atom. The second kappa shape index (κ2) is 10.6. The minimum absolute atomic E-state index is 0.0681. The van der Waals surface area contributed by atoms with Crippen LogP contribution in [0.15, 0.2) is 24.0 Å². The number of amides is 1. The van der Waals surface area contributed by atoms with Crippen LogP contribution in [0.2, 0.25) is 0 Å². The molecule has 5 rings (SSSR count). The van der Waals surface area contributed by atoms with Crippen LogP contribution in [0.1, 0.15) is 50.2 Å². The van der Waals surface area contributed by atoms with Crippen molar-refractivity contribution in [3.63, 3.8) is 0 Å². The first-order chi connectivity index (χ1) is 19.8. The van der Waals surface area contributed by atoms with Gasteiger partial charge in [-0.15, -0.1) is 0 Å². The zero-order chi connectivity index (χ0) is 30.6. The van der Waals surface area contributed by atoms with Crippen molar-refractivity contribution in [1.29, 1.82) is 0 Å². The van der Waals surface area contributed by atoms with Gasteiger partial charge in [0.15, 0.2) is 23.7 Å². The Morgan fingerprint density at radius 1 is 1.17 bits per heavy atom. The third-order valence-corrected chi connectivity index (χ3v) is 8.79. The lowest BCUT2D eigenvalue weighted by Crippen LogP contribution is -2.74. The van der Waals surface area contributed by atoms with Crippen LogP contribution in [0, 0.1) is 0 Å². The summed E-state index contributed by atoms with van der Waals surface area (Å²) in [5.41, 5.74) is -0.466. The van der Waals surface area contributed by atoms with Crippen molar-refractivity contribution in [1.82, 2.24) is 10.2 Å². The molecule has 5 N–H and O–H groups in total. The van der Waals surface area contributed by atoms with Crippen LogP contribution in [-0.2, 0) is 45.3 Å². The Hall–Kier alpha value is -4.17. The number of carbonyl (C=O) groups is 5. The number of aromatic hydroxyl groups is 1. The molecule has 4 aliphatic rings. The third kappa shape index (κ3) is 4.64. The van der Waals surface area contributed by atoms with E-state index < -0.39 is 78.3 Å². The van der Waals surface area contributed by atoms with E-state index in [1.165, 1.54) is 6.92 Å². The number of likely N-dealkylation sites (N-methyl/N-ethyl adjacent to an activating group) is 1. The number of hydrogen-bond acceptors (Lipinski definition) is 11. The number of hydrogen-bond donors (Lipinski definition) is 5. The van der Waals surface area contributed by atoms with E-state index in [-0.39, 0.29) is 29.7 Å². The number of likely N-dealkylation sites (tertiary alicyclic amines) is 1. The number of aliphatic hydroxyl groups is 1. The molecule has 0 unspecified atom stereocenters. The molecule has 0 aromatic heterocycles. The molecule has 1 amide bonds. The number of nitrogens with zero attached hydrogens (tertiary/aromatic N) is 1. The molecule has 42 heavy (non-hydrogen) atoms. The lowest BCUT2D eigenvalue weighted by molar-refractivity contribution is -0.169. The van der Waals surface area contributed by atoms with Gasteiger partial charge in [-0.1, -0.05) is 6.07 Å². The molecule has 1 saturated heterocycles. The quantitative estimate of drug-likeness (QED) is 0.228. The van der Waals surface area contributed by atoms with Crippen LogP contribution in [0.3, 0.4) is 0 Å². The first-order valence-electron chi connectivity index (χ1n) is 13.6. The van der Waals surface area contributed by atoms with Crippen LogP contribution in [-0.4, -0.2) is 98.6 Å². The number of benzene rings is 1. The number of esters is 2. The van der Waals surface area contributed by atoms with Gasteiger partial charge in [0, 0.05) is 18.0 Å². The second-order valence-corrected chi connectivity index (χ2v) is 11.2. The molecule has 1 fully saturated rings. The van der Waals surface area contributed by atoms with E-state index in [1.807, 2.05) is 18.4 Å². The average molecular weight is 589 g/mol. The molecule has 0 radical (unpaired) electrons. The predicted octanol–water partition coefficient (Wildman–Crippen LogP) is -0.0309. The highest BCUT2D eigenvalue weighted by Gasteiger charge is 2.72. The fraction of sp³-hybridized carbons (Fsp3) is 0.536. The molecule has 226 valence electrons. The van der Waals surface area contributed by atoms with E-state index in [2.05, 4.69) is 4.90 Å². The van der Waals surface area contributed by atoms with Crippen molar-refractivity contribution in [2.24, 2.45) is 0 Å². The molecular weight excluding hydrogens is 556 g/mol. The molecule has 2 bridgehead atoms. The molecule has 1 spiro atoms. The standard InChI is InChI=1S/C28H32N2O12/c1-13(25(36)29-15(26(37)38)12-19(32)33)40-20(34)5-6-21(35)41-17-7-8-28(39)18-11-14-3-4-16(31)23-22(14)27(28,24(17)42-23)9-10-30(18)2/h3-4,7,13,15,18,24,31,39H,5-6,8-12H2,1-2H3,(H,29,36)(H,32,33)(H,37,38)/t13-,15-,18+,24-,27-,28+/m0/s1. The first-order valence-corrected chi connectivity index (χ1v) is 13.6. The molecule has 1 aromatic rings. The Bertz CT molecular complexity index is 1390. The summed E-state index contributed by atoms with van der Waals surface area (Å²) in [6.45, 7) is 1.83. The van der Waals surface area contributed by atoms with Crippen molar-refractivity contribution in [3.05, 3.63) is 35.1 Å². The van der Waals surface area contributed by atoms with Crippen LogP contribution < -0.4 is 10.1 Å². The SMILES string of the molecule is C[C@H](OC(=O)CCC(=O)OC1=CC[C@@]2(O)[C@H]3Cc4ccc(O)c5c4[C@@]2(CCN3C)[C@H]1O5)C(=O)N[C@@H](CC(=O)O)C(=O)O. The van der Waals surface area contributed by atoms with E-state index >= 15 is 0 Å². The largest absolute Gasteiger partial charge is 0.504 e. The van der Waals surface area contributed by atoms with Gasteiger partial charge in [0.25, 0.3) is 5.91 Å². The van der Waals surface area contributed by atoms with E-state index in [9.17, 15) is 34.2 Å². The van der Waals surface area contributed by atoms with Crippen molar-refractivity contribution in [3.8, 4) is 11.5 Å². The predicted molar refractivity (Wildman–Crippen MR) is 139 cm³/mol. The number of phenols is 1. The summed E-state index contributed by atoms with van der Waals surface area (Å²) in [5, 5.41) is 42.6. The van der Waals surface area contributed by atoms with E-state index in [0.29, 0.717) is 19.4 Å². The normalized spacial score (nSPS) is 28.3. The lowest BCUT2D eigenvalue weighted by atomic mass is 9.50. The number of nitrogens with one attached hydrogen (secondary N) is 1. The van der Waals surface area contributed by atoms with Gasteiger partial charge in [0.2, 0.25) is 0 Å². The molecule has 2 aliphatic heterocycles. The molecular formula is C28H32N2O12. The van der Waals surface area contributed by atoms with Crippen molar-refractivity contribution in [2.75, 3.05) is 13.6 Å². The van der Waals surface area contributed by atoms with Crippen LogP contribution in [0.4, 0.5) is 0 Å². The maximum atomic E-state index is 12.8. The topological polar surface area (TPSA) is 209 Å². The third-order valence-electron chi connectivity index (χ3n) is 8.79. The molecule has 2 aliphatic carbocycles. The van der Waals surface area contributed by atoms with Gasteiger partial charge in [0.05, 0.1) is 30.3 Å². The van der Waals surface area contributed by atoms with Crippen LogP contribution in [0.5, 0.6) is 11.5 Å². The maximum absolute atomic E-state index is 12.8. The van der Waals surface area contributed by atoms with Crippen molar-refractivity contribution < 1.29 is 58.6 Å². The Labute approximate surface area is 239 Å². The Balaban J connectivity index is 1.23. The fourth-order valence-electron chi connectivity index (χ4n) is 6.80. The number of aliphatic carboxylic acids is 2. The number of phenolic OH excluding ortho intramolecular Hbond substituents is 1. The Kier molecular flexibility index (Phi) is 7.39. The molecule has 1 aromatic carbocycles. The number of rotatable bonds is 10. The summed E-state index contributed by atoms with van der Waals surface area (Å²) in [5.74, 6) is -5.35. The highest BCUT2D eigenvalue weighted by molar-refractivity contribution is 5.90. The second-order valence-electron chi connectivity index (χ2n) is 11.2. The highest BCUT2D eigenvalue weighted by Crippen LogP contribution is 2.65. The molecule has 14 nitrogen and oxygen atoms in total. The highest BCUT2D eigenvalue weighted by atomic mass is 16.6. The zero-order valence-corrected chi connectivity index (χ0v) is 23.0. The Morgan fingerprint density at radius 3 is 2.57 bits per heavy atom. The molecule has 0 saturated carbocycles. The smallest absolute Gasteiger partial charge is 0.326 e. The van der Waals surface area contributed by atoms with Gasteiger partial charge < -0.3 is 44.9 Å². The van der Waals surface area contributed by atoms with Crippen molar-refractivity contribution >= 4 is 29.8 Å². The molecule has 6 atom stereocenters. The van der Waals surface area contributed by atoms with Crippen LogP contribution in [0.25, 0.3) is 0 Å². The minimum atomic E-state index is -1.71. The summed E-state index contributed by atoms with van der Waals surface area (Å²) in [6, 6.07) is 1.46. The van der Waals surface area contributed by atoms with Crippen molar-refractivity contribution in [2.45, 2.75) is 80.8 Å².